The van der Waals surface area contributed by atoms with Crippen molar-refractivity contribution in [2.45, 2.75) is 25.2 Å². The molecule has 2 aromatic heterocycles. The van der Waals surface area contributed by atoms with Crippen LogP contribution >= 0.6 is 11.8 Å². The average molecular weight is 492 g/mol. The zero-order valence-electron chi connectivity index (χ0n) is 19.4. The second-order valence-corrected chi connectivity index (χ2v) is 8.60. The van der Waals surface area contributed by atoms with Gasteiger partial charge in [0.25, 0.3) is 5.56 Å². The molecule has 0 aliphatic carbocycles. The van der Waals surface area contributed by atoms with Crippen molar-refractivity contribution < 1.29 is 9.53 Å². The monoisotopic (exact) mass is 491 g/mol. The van der Waals surface area contributed by atoms with E-state index < -0.39 is 17.0 Å². The molecule has 10 heteroatoms. The van der Waals surface area contributed by atoms with Gasteiger partial charge in [-0.25, -0.2) is 9.78 Å². The molecule has 0 aliphatic rings. The van der Waals surface area contributed by atoms with Crippen molar-refractivity contribution in [1.82, 2.24) is 18.7 Å². The van der Waals surface area contributed by atoms with Crippen LogP contribution in [0.3, 0.4) is 0 Å². The van der Waals surface area contributed by atoms with E-state index in [2.05, 4.69) is 4.98 Å². The maximum atomic E-state index is 13.2. The lowest BCUT2D eigenvalue weighted by molar-refractivity contribution is 0.102. The number of hydrogen-bond acceptors (Lipinski definition) is 7. The first-order valence-corrected chi connectivity index (χ1v) is 11.9. The number of ether oxygens (including phenoxy) is 1. The zero-order chi connectivity index (χ0) is 24.9. The number of hydrogen-bond donors (Lipinski definition) is 1. The summed E-state index contributed by atoms with van der Waals surface area (Å²) < 4.78 is 9.35. The molecule has 180 valence electrons. The predicted molar refractivity (Wildman–Crippen MR) is 136 cm³/mol. The molecule has 4 rings (SSSR count). The van der Waals surface area contributed by atoms with Gasteiger partial charge in [0, 0.05) is 24.6 Å². The number of Topliss-reactive ketones (excluding diaryl/α,β-unsaturated/α-hetero) is 1. The van der Waals surface area contributed by atoms with Gasteiger partial charge in [0.15, 0.2) is 10.9 Å². The normalized spacial score (nSPS) is 10.9. The number of nitrogen functional groups attached to an aromatic ring is 1. The number of ketones is 1. The molecule has 0 saturated carbocycles. The maximum absolute atomic E-state index is 13.2. The van der Waals surface area contributed by atoms with Crippen molar-refractivity contribution in [1.29, 1.82) is 0 Å². The Morgan fingerprint density at radius 1 is 1.06 bits per heavy atom. The summed E-state index contributed by atoms with van der Waals surface area (Å²) in [6.45, 7) is 1.96. The molecule has 0 amide bonds. The highest BCUT2D eigenvalue weighted by Crippen LogP contribution is 2.23. The topological polar surface area (TPSA) is 114 Å². The van der Waals surface area contributed by atoms with Crippen LogP contribution in [0.2, 0.25) is 0 Å². The molecule has 9 nitrogen and oxygen atoms in total. The molecular formula is C25H25N5O4S. The van der Waals surface area contributed by atoms with Crippen molar-refractivity contribution in [2.75, 3.05) is 18.6 Å². The van der Waals surface area contributed by atoms with Gasteiger partial charge in [-0.3, -0.25) is 23.3 Å². The molecule has 0 bridgehead atoms. The van der Waals surface area contributed by atoms with Crippen molar-refractivity contribution in [2.24, 2.45) is 0 Å². The van der Waals surface area contributed by atoms with E-state index in [0.717, 1.165) is 21.6 Å². The Kier molecular flexibility index (Phi) is 7.21. The zero-order valence-corrected chi connectivity index (χ0v) is 20.2. The number of nitrogens with zero attached hydrogens (tertiary/aromatic N) is 4. The maximum Gasteiger partial charge on any atom is 0.332 e. The standard InChI is InChI=1S/C25H25N5O4S/c1-3-28-23(32)21(22(26)30(25(28)33)15-17-7-5-4-6-8-17)20(31)16-35-24-27-13-14-29(24)18-9-11-19(34-2)12-10-18/h4-14H,3,15-16,26H2,1-2H3. The lowest BCUT2D eigenvalue weighted by Gasteiger charge is -2.16. The molecule has 2 aromatic carbocycles. The van der Waals surface area contributed by atoms with Crippen LogP contribution in [0.5, 0.6) is 5.75 Å². The first-order valence-electron chi connectivity index (χ1n) is 10.9. The van der Waals surface area contributed by atoms with Gasteiger partial charge in [0.1, 0.15) is 17.1 Å². The number of benzene rings is 2. The lowest BCUT2D eigenvalue weighted by Crippen LogP contribution is -2.44. The van der Waals surface area contributed by atoms with Crippen molar-refractivity contribution in [3.05, 3.63) is 99.0 Å². The predicted octanol–water partition coefficient (Wildman–Crippen LogP) is 2.83. The summed E-state index contributed by atoms with van der Waals surface area (Å²) in [6.07, 6.45) is 3.42. The number of imidazole rings is 1. The fraction of sp³-hybridized carbons (Fsp3) is 0.200. The first kappa shape index (κ1) is 24.1. The lowest BCUT2D eigenvalue weighted by atomic mass is 10.2. The Morgan fingerprint density at radius 3 is 2.43 bits per heavy atom. The molecule has 0 unspecified atom stereocenters. The second kappa shape index (κ2) is 10.5. The average Bonchev–Trinajstić information content (AvgIpc) is 3.35. The van der Waals surface area contributed by atoms with Gasteiger partial charge >= 0.3 is 5.69 Å². The summed E-state index contributed by atoms with van der Waals surface area (Å²) in [7, 11) is 1.60. The van der Waals surface area contributed by atoms with Crippen molar-refractivity contribution in [3.8, 4) is 11.4 Å². The van der Waals surface area contributed by atoms with Crippen LogP contribution in [0.15, 0.2) is 81.7 Å². The number of carbonyl (C=O) groups is 1. The highest BCUT2D eigenvalue weighted by molar-refractivity contribution is 7.99. The Hall–Kier alpha value is -4.05. The summed E-state index contributed by atoms with van der Waals surface area (Å²) in [6, 6.07) is 16.7. The van der Waals surface area contributed by atoms with Crippen molar-refractivity contribution >= 4 is 23.4 Å². The number of aromatic nitrogens is 4. The van der Waals surface area contributed by atoms with E-state index in [1.807, 2.05) is 59.2 Å². The van der Waals surface area contributed by atoms with Crippen LogP contribution in [0, 0.1) is 0 Å². The van der Waals surface area contributed by atoms with E-state index in [1.54, 1.807) is 26.4 Å². The van der Waals surface area contributed by atoms with Crippen LogP contribution in [-0.4, -0.2) is 37.3 Å². The van der Waals surface area contributed by atoms with E-state index in [9.17, 15) is 14.4 Å². The molecule has 4 aromatic rings. The van der Waals surface area contributed by atoms with Gasteiger partial charge < -0.3 is 10.5 Å². The third-order valence-corrected chi connectivity index (χ3v) is 6.50. The fourth-order valence-electron chi connectivity index (χ4n) is 3.71. The number of methoxy groups -OCH3 is 1. The van der Waals surface area contributed by atoms with Crippen LogP contribution in [0.4, 0.5) is 5.82 Å². The number of thioether (sulfide) groups is 1. The smallest absolute Gasteiger partial charge is 0.332 e. The van der Waals surface area contributed by atoms with Gasteiger partial charge in [0.2, 0.25) is 0 Å². The molecule has 2 heterocycles. The largest absolute Gasteiger partial charge is 0.497 e. The Bertz CT molecular complexity index is 1460. The highest BCUT2D eigenvalue weighted by Gasteiger charge is 2.23. The minimum atomic E-state index is -0.677. The van der Waals surface area contributed by atoms with Crippen LogP contribution in [-0.2, 0) is 13.1 Å². The molecular weight excluding hydrogens is 466 g/mol. The molecule has 2 N–H and O–H groups in total. The summed E-state index contributed by atoms with van der Waals surface area (Å²) in [5.74, 6) is 0.0647. The van der Waals surface area contributed by atoms with Gasteiger partial charge in [-0.1, -0.05) is 42.1 Å². The third-order valence-electron chi connectivity index (χ3n) is 5.54. The SMILES string of the molecule is CCn1c(=O)c(C(=O)CSc2nccn2-c2ccc(OC)cc2)c(N)n(Cc2ccccc2)c1=O. The minimum Gasteiger partial charge on any atom is -0.497 e. The number of carbonyl (C=O) groups excluding carboxylic acids is 1. The molecule has 0 saturated heterocycles. The number of anilines is 1. The van der Waals surface area contributed by atoms with E-state index >= 15 is 0 Å². The molecule has 35 heavy (non-hydrogen) atoms. The van der Waals surface area contributed by atoms with Gasteiger partial charge in [-0.05, 0) is 36.8 Å². The fourth-order valence-corrected chi connectivity index (χ4v) is 4.56. The van der Waals surface area contributed by atoms with Crippen LogP contribution < -0.4 is 21.7 Å². The van der Waals surface area contributed by atoms with E-state index in [0.29, 0.717) is 5.16 Å². The Labute approximate surface area is 205 Å². The number of nitrogens with two attached hydrogens (primary N) is 1. The highest BCUT2D eigenvalue weighted by atomic mass is 32.2. The quantitative estimate of drug-likeness (QED) is 0.283. The third kappa shape index (κ3) is 4.92. The summed E-state index contributed by atoms with van der Waals surface area (Å²) in [5, 5.41) is 0.579. The van der Waals surface area contributed by atoms with E-state index in [-0.39, 0.29) is 30.2 Å². The second-order valence-electron chi connectivity index (χ2n) is 7.65. The Morgan fingerprint density at radius 2 is 1.77 bits per heavy atom. The van der Waals surface area contributed by atoms with Crippen molar-refractivity contribution in [3.63, 3.8) is 0 Å². The molecule has 0 aliphatic heterocycles. The molecule has 0 radical (unpaired) electrons. The summed E-state index contributed by atoms with van der Waals surface area (Å²) in [5.41, 5.74) is 6.52. The van der Waals surface area contributed by atoms with Gasteiger partial charge in [0.05, 0.1) is 19.4 Å². The molecule has 0 atom stereocenters. The molecule has 0 fully saturated rings. The van der Waals surface area contributed by atoms with E-state index in [4.69, 9.17) is 10.5 Å². The van der Waals surface area contributed by atoms with E-state index in [1.165, 1.54) is 16.3 Å². The first-order chi connectivity index (χ1) is 16.9. The Balaban J connectivity index is 1.63. The van der Waals surface area contributed by atoms with Crippen LogP contribution in [0.1, 0.15) is 22.8 Å². The number of rotatable bonds is 9. The summed E-state index contributed by atoms with van der Waals surface area (Å²) in [4.78, 5) is 43.5. The van der Waals surface area contributed by atoms with Crippen LogP contribution in [0.25, 0.3) is 5.69 Å². The van der Waals surface area contributed by atoms with Gasteiger partial charge in [-0.2, -0.15) is 0 Å². The molecule has 0 spiro atoms. The van der Waals surface area contributed by atoms with Gasteiger partial charge in [-0.15, -0.1) is 0 Å². The minimum absolute atomic E-state index is 0.0696. The summed E-state index contributed by atoms with van der Waals surface area (Å²) >= 11 is 1.19.